The molecule has 0 saturated carbocycles. The first-order valence-electron chi connectivity index (χ1n) is 12.0. The normalized spacial score (nSPS) is 17.0. The molecule has 2 atom stereocenters. The van der Waals surface area contributed by atoms with E-state index in [0.717, 1.165) is 36.2 Å². The maximum atomic E-state index is 13.1. The summed E-state index contributed by atoms with van der Waals surface area (Å²) in [5, 5.41) is 2.83. The summed E-state index contributed by atoms with van der Waals surface area (Å²) >= 11 is 0. The SMILES string of the molecule is CNC(=O)[C@@H](c1ccccc1)N1CCc2cc(C)c(C)cc2[C@@H]1CCc1ccc(C(F)(F)F)cc1. The average Bonchev–Trinajstić information content (AvgIpc) is 2.84. The second kappa shape index (κ2) is 10.2. The molecule has 0 aromatic heterocycles. The van der Waals surface area contributed by atoms with Gasteiger partial charge in [0.25, 0.3) is 0 Å². The van der Waals surface area contributed by atoms with Crippen LogP contribution in [0.2, 0.25) is 0 Å². The number of hydrogen-bond acceptors (Lipinski definition) is 2. The average molecular weight is 481 g/mol. The van der Waals surface area contributed by atoms with Crippen molar-refractivity contribution in [2.75, 3.05) is 13.6 Å². The lowest BCUT2D eigenvalue weighted by molar-refractivity contribution is -0.137. The molecule has 4 rings (SSSR count). The zero-order valence-electron chi connectivity index (χ0n) is 20.3. The zero-order chi connectivity index (χ0) is 25.2. The molecule has 0 unspecified atom stereocenters. The quantitative estimate of drug-likeness (QED) is 0.446. The van der Waals surface area contributed by atoms with Gasteiger partial charge in [0.1, 0.15) is 6.04 Å². The minimum Gasteiger partial charge on any atom is -0.358 e. The molecule has 0 saturated heterocycles. The first-order chi connectivity index (χ1) is 16.7. The Hall–Kier alpha value is -3.12. The van der Waals surface area contributed by atoms with Gasteiger partial charge < -0.3 is 5.32 Å². The minimum absolute atomic E-state index is 0.0390. The third-order valence-electron chi connectivity index (χ3n) is 7.08. The monoisotopic (exact) mass is 480 g/mol. The van der Waals surface area contributed by atoms with E-state index in [1.807, 2.05) is 30.3 Å². The number of rotatable bonds is 6. The summed E-state index contributed by atoms with van der Waals surface area (Å²) < 4.78 is 39.0. The second-order valence-electron chi connectivity index (χ2n) is 9.30. The standard InChI is InChI=1S/C29H31F3N2O/c1-19-17-23-15-16-34(27(28(35)33-3)22-7-5-4-6-8-22)26(25(23)18-20(19)2)14-11-21-9-12-24(13-10-21)29(30,31)32/h4-10,12-13,17-18,26-27H,11,14-16H2,1-3H3,(H,33,35)/t26-,27+/m0/s1. The van der Waals surface area contributed by atoms with Gasteiger partial charge in [0.05, 0.1) is 5.56 Å². The van der Waals surface area contributed by atoms with Crippen LogP contribution in [-0.4, -0.2) is 24.4 Å². The van der Waals surface area contributed by atoms with Crippen LogP contribution in [0, 0.1) is 13.8 Å². The predicted octanol–water partition coefficient (Wildman–Crippen LogP) is 6.34. The fourth-order valence-electron chi connectivity index (χ4n) is 5.07. The molecule has 1 N–H and O–H groups in total. The van der Waals surface area contributed by atoms with E-state index in [2.05, 4.69) is 36.2 Å². The van der Waals surface area contributed by atoms with Gasteiger partial charge >= 0.3 is 6.18 Å². The topological polar surface area (TPSA) is 32.3 Å². The van der Waals surface area contributed by atoms with Crippen molar-refractivity contribution in [2.45, 2.75) is 51.4 Å². The lowest BCUT2D eigenvalue weighted by Gasteiger charge is -2.42. The van der Waals surface area contributed by atoms with E-state index in [0.29, 0.717) is 12.8 Å². The minimum atomic E-state index is -4.34. The smallest absolute Gasteiger partial charge is 0.358 e. The number of carbonyl (C=O) groups is 1. The molecule has 3 aromatic carbocycles. The van der Waals surface area contributed by atoms with Crippen LogP contribution in [0.15, 0.2) is 66.7 Å². The highest BCUT2D eigenvalue weighted by Gasteiger charge is 2.36. The van der Waals surface area contributed by atoms with E-state index >= 15 is 0 Å². The maximum Gasteiger partial charge on any atom is 0.416 e. The summed E-state index contributed by atoms with van der Waals surface area (Å²) in [6.45, 7) is 4.92. The molecule has 1 amide bonds. The van der Waals surface area contributed by atoms with Crippen molar-refractivity contribution in [1.29, 1.82) is 0 Å². The van der Waals surface area contributed by atoms with Crippen LogP contribution in [0.25, 0.3) is 0 Å². The molecular weight excluding hydrogens is 449 g/mol. The first-order valence-corrected chi connectivity index (χ1v) is 12.0. The van der Waals surface area contributed by atoms with E-state index in [1.54, 1.807) is 19.2 Å². The summed E-state index contributed by atoms with van der Waals surface area (Å²) in [5.74, 6) is -0.0667. The zero-order valence-corrected chi connectivity index (χ0v) is 20.3. The van der Waals surface area contributed by atoms with Crippen molar-refractivity contribution in [3.8, 4) is 0 Å². The number of nitrogens with one attached hydrogen (secondary N) is 1. The predicted molar refractivity (Wildman–Crippen MR) is 132 cm³/mol. The molecule has 0 radical (unpaired) electrons. The van der Waals surface area contributed by atoms with Crippen LogP contribution in [0.3, 0.4) is 0 Å². The Kier molecular flexibility index (Phi) is 7.31. The number of halogens is 3. The van der Waals surface area contributed by atoms with E-state index < -0.39 is 17.8 Å². The van der Waals surface area contributed by atoms with E-state index in [1.165, 1.54) is 22.3 Å². The molecule has 3 aromatic rings. The number of aryl methyl sites for hydroxylation is 3. The summed E-state index contributed by atoms with van der Waals surface area (Å²) in [5.41, 5.74) is 6.07. The van der Waals surface area contributed by atoms with Crippen molar-refractivity contribution < 1.29 is 18.0 Å². The Balaban J connectivity index is 1.70. The maximum absolute atomic E-state index is 13.1. The van der Waals surface area contributed by atoms with Crippen LogP contribution in [0.5, 0.6) is 0 Å². The summed E-state index contributed by atoms with van der Waals surface area (Å²) in [6, 6.07) is 19.1. The van der Waals surface area contributed by atoms with Gasteiger partial charge in [-0.15, -0.1) is 0 Å². The van der Waals surface area contributed by atoms with Gasteiger partial charge in [-0.2, -0.15) is 13.2 Å². The third kappa shape index (κ3) is 5.43. The Morgan fingerprint density at radius 3 is 2.31 bits per heavy atom. The number of alkyl halides is 3. The molecule has 184 valence electrons. The molecule has 1 aliphatic rings. The molecule has 1 aliphatic heterocycles. The van der Waals surface area contributed by atoms with Crippen LogP contribution >= 0.6 is 0 Å². The molecular formula is C29H31F3N2O. The number of benzene rings is 3. The number of carbonyl (C=O) groups excluding carboxylic acids is 1. The van der Waals surface area contributed by atoms with Gasteiger partial charge in [0.15, 0.2) is 0 Å². The number of fused-ring (bicyclic) bond motifs is 1. The lowest BCUT2D eigenvalue weighted by Crippen LogP contribution is -2.44. The van der Waals surface area contributed by atoms with E-state index in [-0.39, 0.29) is 11.9 Å². The molecule has 1 heterocycles. The van der Waals surface area contributed by atoms with Crippen molar-refractivity contribution in [3.05, 3.63) is 106 Å². The Labute approximate surface area is 205 Å². The van der Waals surface area contributed by atoms with Crippen molar-refractivity contribution in [3.63, 3.8) is 0 Å². The van der Waals surface area contributed by atoms with E-state index in [9.17, 15) is 18.0 Å². The highest BCUT2D eigenvalue weighted by molar-refractivity contribution is 5.83. The Morgan fingerprint density at radius 2 is 1.69 bits per heavy atom. The molecule has 6 heteroatoms. The molecule has 0 spiro atoms. The van der Waals surface area contributed by atoms with Gasteiger partial charge in [-0.25, -0.2) is 0 Å². The molecule has 0 aliphatic carbocycles. The molecule has 0 bridgehead atoms. The van der Waals surface area contributed by atoms with Crippen molar-refractivity contribution >= 4 is 5.91 Å². The Morgan fingerprint density at radius 1 is 1.03 bits per heavy atom. The highest BCUT2D eigenvalue weighted by Crippen LogP contribution is 2.40. The van der Waals surface area contributed by atoms with Gasteiger partial charge in [0.2, 0.25) is 5.91 Å². The summed E-state index contributed by atoms with van der Waals surface area (Å²) in [4.78, 5) is 15.4. The summed E-state index contributed by atoms with van der Waals surface area (Å²) in [6.07, 6.45) is -2.20. The second-order valence-corrected chi connectivity index (χ2v) is 9.30. The van der Waals surface area contributed by atoms with Gasteiger partial charge in [-0.05, 0) is 78.6 Å². The molecule has 0 fully saturated rings. The fourth-order valence-corrected chi connectivity index (χ4v) is 5.07. The number of hydrogen-bond donors (Lipinski definition) is 1. The van der Waals surface area contributed by atoms with Crippen LogP contribution in [-0.2, 0) is 23.8 Å². The number of amides is 1. The third-order valence-corrected chi connectivity index (χ3v) is 7.08. The highest BCUT2D eigenvalue weighted by atomic mass is 19.4. The number of likely N-dealkylation sites (N-methyl/N-ethyl adjacent to an activating group) is 1. The van der Waals surface area contributed by atoms with Gasteiger partial charge in [0, 0.05) is 19.6 Å². The van der Waals surface area contributed by atoms with Gasteiger partial charge in [-0.3, -0.25) is 9.69 Å². The lowest BCUT2D eigenvalue weighted by atomic mass is 9.84. The summed E-state index contributed by atoms with van der Waals surface area (Å²) in [7, 11) is 1.65. The largest absolute Gasteiger partial charge is 0.416 e. The molecule has 3 nitrogen and oxygen atoms in total. The van der Waals surface area contributed by atoms with Crippen LogP contribution in [0.4, 0.5) is 13.2 Å². The van der Waals surface area contributed by atoms with Crippen molar-refractivity contribution in [1.82, 2.24) is 10.2 Å². The Bertz CT molecular complexity index is 1170. The van der Waals surface area contributed by atoms with Crippen LogP contribution < -0.4 is 5.32 Å². The first kappa shape index (κ1) is 25.0. The fraction of sp³-hybridized carbons (Fsp3) is 0.345. The van der Waals surface area contributed by atoms with Gasteiger partial charge in [-0.1, -0.05) is 54.6 Å². The molecule has 35 heavy (non-hydrogen) atoms. The van der Waals surface area contributed by atoms with Crippen LogP contribution in [0.1, 0.15) is 57.4 Å². The number of nitrogens with zero attached hydrogens (tertiary/aromatic N) is 1. The van der Waals surface area contributed by atoms with E-state index in [4.69, 9.17) is 0 Å². The van der Waals surface area contributed by atoms with Crippen molar-refractivity contribution in [2.24, 2.45) is 0 Å².